The summed E-state index contributed by atoms with van der Waals surface area (Å²) in [6.07, 6.45) is 1.10. The second kappa shape index (κ2) is 5.72. The first kappa shape index (κ1) is 11.1. The van der Waals surface area contributed by atoms with Crippen LogP contribution in [0.4, 0.5) is 0 Å². The van der Waals surface area contributed by atoms with E-state index in [9.17, 15) is 4.21 Å². The monoisotopic (exact) mass is 177 g/mol. The van der Waals surface area contributed by atoms with E-state index < -0.39 is 10.8 Å². The van der Waals surface area contributed by atoms with Crippen molar-refractivity contribution in [2.75, 3.05) is 12.3 Å². The molecule has 0 aromatic rings. The topological polar surface area (TPSA) is 43.1 Å². The third kappa shape index (κ3) is 4.53. The zero-order valence-electron chi connectivity index (χ0n) is 7.67. The van der Waals surface area contributed by atoms with Crippen molar-refractivity contribution < 1.29 is 4.21 Å². The van der Waals surface area contributed by atoms with Gasteiger partial charge in [-0.2, -0.15) is 0 Å². The molecule has 0 saturated heterocycles. The van der Waals surface area contributed by atoms with Crippen LogP contribution in [0.3, 0.4) is 0 Å². The molecule has 0 amide bonds. The van der Waals surface area contributed by atoms with E-state index in [1.807, 2.05) is 6.92 Å². The van der Waals surface area contributed by atoms with E-state index in [-0.39, 0.29) is 5.25 Å². The van der Waals surface area contributed by atoms with Crippen LogP contribution in [0.2, 0.25) is 0 Å². The van der Waals surface area contributed by atoms with E-state index in [1.54, 1.807) is 0 Å². The Morgan fingerprint density at radius 2 is 2.00 bits per heavy atom. The van der Waals surface area contributed by atoms with E-state index in [0.717, 1.165) is 12.2 Å². The normalized spacial score (nSPS) is 19.3. The summed E-state index contributed by atoms with van der Waals surface area (Å²) < 4.78 is 11.4. The van der Waals surface area contributed by atoms with Gasteiger partial charge in [0.05, 0.1) is 0 Å². The quantitative estimate of drug-likeness (QED) is 0.684. The van der Waals surface area contributed by atoms with Gasteiger partial charge >= 0.3 is 0 Å². The van der Waals surface area contributed by atoms with Gasteiger partial charge in [-0.05, 0) is 12.8 Å². The van der Waals surface area contributed by atoms with Gasteiger partial charge in [0.1, 0.15) is 0 Å². The summed E-state index contributed by atoms with van der Waals surface area (Å²) in [5, 5.41) is 0.156. The van der Waals surface area contributed by atoms with E-state index in [4.69, 9.17) is 5.73 Å². The minimum absolute atomic E-state index is 0.156. The molecule has 0 spiro atoms. The fraction of sp³-hybridized carbons (Fsp3) is 1.00. The summed E-state index contributed by atoms with van der Waals surface area (Å²) in [6, 6.07) is 0. The summed E-state index contributed by atoms with van der Waals surface area (Å²) in [5.74, 6) is 1.36. The molecule has 0 rings (SSSR count). The molecule has 0 saturated carbocycles. The average molecular weight is 177 g/mol. The molecule has 0 fully saturated rings. The molecule has 3 atom stereocenters. The highest BCUT2D eigenvalue weighted by Gasteiger charge is 2.11. The Labute approximate surface area is 72.0 Å². The van der Waals surface area contributed by atoms with E-state index >= 15 is 0 Å². The number of hydrogen-bond acceptors (Lipinski definition) is 2. The van der Waals surface area contributed by atoms with Gasteiger partial charge < -0.3 is 5.73 Å². The lowest BCUT2D eigenvalue weighted by atomic mass is 10.2. The van der Waals surface area contributed by atoms with Crippen molar-refractivity contribution in [1.82, 2.24) is 0 Å². The van der Waals surface area contributed by atoms with Gasteiger partial charge in [-0.3, -0.25) is 4.21 Å². The maximum Gasteiger partial charge on any atom is 0.0442 e. The largest absolute Gasteiger partial charge is 0.329 e. The summed E-state index contributed by atoms with van der Waals surface area (Å²) in [5.41, 5.74) is 5.40. The minimum Gasteiger partial charge on any atom is -0.329 e. The summed E-state index contributed by atoms with van der Waals surface area (Å²) in [7, 11) is -0.720. The van der Waals surface area contributed by atoms with Crippen molar-refractivity contribution in [3.05, 3.63) is 0 Å². The third-order valence-electron chi connectivity index (χ3n) is 1.93. The van der Waals surface area contributed by atoms with Gasteiger partial charge in [-0.25, -0.2) is 0 Å². The molecule has 3 unspecified atom stereocenters. The molecule has 2 nitrogen and oxygen atoms in total. The second-order valence-electron chi connectivity index (χ2n) is 3.11. The van der Waals surface area contributed by atoms with Gasteiger partial charge in [0.15, 0.2) is 0 Å². The lowest BCUT2D eigenvalue weighted by molar-refractivity contribution is 0.610. The van der Waals surface area contributed by atoms with Crippen LogP contribution in [0.25, 0.3) is 0 Å². The maximum absolute atomic E-state index is 11.4. The fourth-order valence-corrected chi connectivity index (χ4v) is 2.01. The summed E-state index contributed by atoms with van der Waals surface area (Å²) >= 11 is 0. The Kier molecular flexibility index (Phi) is 5.78. The highest BCUT2D eigenvalue weighted by Crippen LogP contribution is 2.05. The first-order valence-corrected chi connectivity index (χ1v) is 5.57. The van der Waals surface area contributed by atoms with Crippen LogP contribution in [-0.4, -0.2) is 21.8 Å². The summed E-state index contributed by atoms with van der Waals surface area (Å²) in [4.78, 5) is 0. The lowest BCUT2D eigenvalue weighted by Gasteiger charge is -2.11. The molecule has 68 valence electrons. The van der Waals surface area contributed by atoms with Crippen LogP contribution < -0.4 is 5.73 Å². The molecular formula is C8H19NOS. The first-order valence-electron chi connectivity index (χ1n) is 4.19. The Bertz CT molecular complexity index is 127. The van der Waals surface area contributed by atoms with E-state index in [2.05, 4.69) is 13.8 Å². The smallest absolute Gasteiger partial charge is 0.0442 e. The standard InChI is InChI=1S/C8H19NOS/c1-4-7(2)6-11(10)8(3)5-9/h7-8H,4-6,9H2,1-3H3. The molecule has 0 aliphatic rings. The number of hydrogen-bond donors (Lipinski definition) is 1. The second-order valence-corrected chi connectivity index (χ2v) is 5.01. The van der Waals surface area contributed by atoms with Crippen molar-refractivity contribution in [3.63, 3.8) is 0 Å². The minimum atomic E-state index is -0.720. The predicted molar refractivity (Wildman–Crippen MR) is 51.0 cm³/mol. The Morgan fingerprint density at radius 1 is 1.45 bits per heavy atom. The Balaban J connectivity index is 3.68. The number of nitrogens with two attached hydrogens (primary N) is 1. The molecule has 0 bridgehead atoms. The van der Waals surface area contributed by atoms with E-state index in [0.29, 0.717) is 12.5 Å². The molecule has 2 N–H and O–H groups in total. The van der Waals surface area contributed by atoms with Crippen molar-refractivity contribution in [2.24, 2.45) is 11.7 Å². The van der Waals surface area contributed by atoms with Crippen LogP contribution in [0.15, 0.2) is 0 Å². The molecular weight excluding hydrogens is 158 g/mol. The first-order chi connectivity index (χ1) is 5.11. The van der Waals surface area contributed by atoms with Crippen molar-refractivity contribution in [2.45, 2.75) is 32.4 Å². The van der Waals surface area contributed by atoms with Crippen LogP contribution in [-0.2, 0) is 10.8 Å². The third-order valence-corrected chi connectivity index (χ3v) is 3.91. The van der Waals surface area contributed by atoms with E-state index in [1.165, 1.54) is 0 Å². The average Bonchev–Trinajstić information content (AvgIpc) is 2.02. The highest BCUT2D eigenvalue weighted by molar-refractivity contribution is 7.85. The van der Waals surface area contributed by atoms with Crippen molar-refractivity contribution >= 4 is 10.8 Å². The van der Waals surface area contributed by atoms with Crippen LogP contribution in [0.1, 0.15) is 27.2 Å². The van der Waals surface area contributed by atoms with Gasteiger partial charge in [0.25, 0.3) is 0 Å². The van der Waals surface area contributed by atoms with Crippen LogP contribution in [0, 0.1) is 5.92 Å². The molecule has 0 heterocycles. The molecule has 0 aliphatic heterocycles. The van der Waals surface area contributed by atoms with Crippen LogP contribution >= 0.6 is 0 Å². The maximum atomic E-state index is 11.4. The Morgan fingerprint density at radius 3 is 2.36 bits per heavy atom. The molecule has 0 aliphatic carbocycles. The Hall–Kier alpha value is 0.110. The van der Waals surface area contributed by atoms with Crippen LogP contribution in [0.5, 0.6) is 0 Å². The lowest BCUT2D eigenvalue weighted by Crippen LogP contribution is -2.25. The van der Waals surface area contributed by atoms with Gasteiger partial charge in [0, 0.05) is 28.3 Å². The number of rotatable bonds is 5. The summed E-state index contributed by atoms with van der Waals surface area (Å²) in [6.45, 7) is 6.72. The molecule has 0 aromatic carbocycles. The molecule has 3 heteroatoms. The highest BCUT2D eigenvalue weighted by atomic mass is 32.2. The molecule has 0 radical (unpaired) electrons. The predicted octanol–water partition coefficient (Wildman–Crippen LogP) is 1.13. The zero-order chi connectivity index (χ0) is 8.85. The van der Waals surface area contributed by atoms with Crippen molar-refractivity contribution in [3.8, 4) is 0 Å². The van der Waals surface area contributed by atoms with Gasteiger partial charge in [-0.1, -0.05) is 20.3 Å². The molecule has 11 heavy (non-hydrogen) atoms. The molecule has 0 aromatic heterocycles. The SMILES string of the molecule is CCC(C)CS(=O)C(C)CN. The fourth-order valence-electron chi connectivity index (χ4n) is 0.670. The zero-order valence-corrected chi connectivity index (χ0v) is 8.49. The van der Waals surface area contributed by atoms with Gasteiger partial charge in [0.2, 0.25) is 0 Å². The van der Waals surface area contributed by atoms with Crippen molar-refractivity contribution in [1.29, 1.82) is 0 Å². The van der Waals surface area contributed by atoms with Gasteiger partial charge in [-0.15, -0.1) is 0 Å².